The van der Waals surface area contributed by atoms with Gasteiger partial charge >= 0.3 is 0 Å². The zero-order valence-corrected chi connectivity index (χ0v) is 15.9. The van der Waals surface area contributed by atoms with Gasteiger partial charge in [0.05, 0.1) is 5.69 Å². The van der Waals surface area contributed by atoms with Crippen LogP contribution < -0.4 is 10.6 Å². The molecule has 0 unspecified atom stereocenters. The molecule has 3 rings (SSSR count). The number of thiazole rings is 1. The number of nitrogens with one attached hydrogen (secondary N) is 2. The van der Waals surface area contributed by atoms with Crippen molar-refractivity contribution in [2.75, 3.05) is 11.9 Å². The summed E-state index contributed by atoms with van der Waals surface area (Å²) < 4.78 is 1.99. The van der Waals surface area contributed by atoms with Gasteiger partial charge < -0.3 is 10.6 Å². The largest absolute Gasteiger partial charge is 0.355 e. The number of amides is 2. The predicted octanol–water partition coefficient (Wildman–Crippen LogP) is 3.55. The molecule has 136 valence electrons. The van der Waals surface area contributed by atoms with Gasteiger partial charge in [-0.15, -0.1) is 11.3 Å². The van der Waals surface area contributed by atoms with Crippen LogP contribution in [0.3, 0.4) is 0 Å². The molecule has 1 aromatic carbocycles. The minimum absolute atomic E-state index is 0.0605. The molecule has 0 atom stereocenters. The van der Waals surface area contributed by atoms with Crippen LogP contribution in [0.15, 0.2) is 42.0 Å². The Labute approximate surface area is 156 Å². The van der Waals surface area contributed by atoms with E-state index in [1.807, 2.05) is 67.2 Å². The fourth-order valence-electron chi connectivity index (χ4n) is 2.37. The number of benzene rings is 1. The van der Waals surface area contributed by atoms with Crippen LogP contribution in [-0.2, 0) is 9.59 Å². The number of hydrogen-bond donors (Lipinski definition) is 2. The van der Waals surface area contributed by atoms with Crippen molar-refractivity contribution in [1.82, 2.24) is 14.7 Å². The van der Waals surface area contributed by atoms with Crippen LogP contribution in [0.5, 0.6) is 0 Å². The van der Waals surface area contributed by atoms with Gasteiger partial charge in [-0.3, -0.25) is 14.0 Å². The molecule has 0 radical (unpaired) electrons. The van der Waals surface area contributed by atoms with Crippen molar-refractivity contribution in [2.24, 2.45) is 5.41 Å². The summed E-state index contributed by atoms with van der Waals surface area (Å²) in [5.74, 6) is -0.191. The van der Waals surface area contributed by atoms with Crippen LogP contribution in [0.4, 0.5) is 5.69 Å². The number of imidazole rings is 1. The number of aromatic nitrogens is 2. The molecule has 2 amide bonds. The van der Waals surface area contributed by atoms with Gasteiger partial charge in [-0.25, -0.2) is 4.98 Å². The fourth-order valence-corrected chi connectivity index (χ4v) is 3.07. The summed E-state index contributed by atoms with van der Waals surface area (Å²) in [4.78, 5) is 29.3. The van der Waals surface area contributed by atoms with Crippen LogP contribution in [0, 0.1) is 5.41 Å². The van der Waals surface area contributed by atoms with E-state index in [4.69, 9.17) is 0 Å². The van der Waals surface area contributed by atoms with Gasteiger partial charge in [-0.05, 0) is 12.1 Å². The summed E-state index contributed by atoms with van der Waals surface area (Å²) in [5, 5.41) is 7.61. The van der Waals surface area contributed by atoms with E-state index in [1.165, 1.54) is 0 Å². The predicted molar refractivity (Wildman–Crippen MR) is 104 cm³/mol. The first-order chi connectivity index (χ1) is 12.3. The van der Waals surface area contributed by atoms with Crippen molar-refractivity contribution in [2.45, 2.75) is 27.2 Å². The van der Waals surface area contributed by atoms with Crippen LogP contribution in [0.1, 0.15) is 27.2 Å². The molecule has 7 heteroatoms. The van der Waals surface area contributed by atoms with Crippen molar-refractivity contribution in [3.05, 3.63) is 42.0 Å². The van der Waals surface area contributed by atoms with Gasteiger partial charge in [0.1, 0.15) is 0 Å². The van der Waals surface area contributed by atoms with Crippen molar-refractivity contribution < 1.29 is 9.59 Å². The lowest BCUT2D eigenvalue weighted by atomic mass is 9.96. The number of nitrogens with zero attached hydrogens (tertiary/aromatic N) is 2. The van der Waals surface area contributed by atoms with Gasteiger partial charge in [0.2, 0.25) is 11.8 Å². The number of rotatable bonds is 5. The maximum Gasteiger partial charge on any atom is 0.226 e. The third-order valence-electron chi connectivity index (χ3n) is 3.88. The van der Waals surface area contributed by atoms with Gasteiger partial charge in [-0.2, -0.15) is 0 Å². The van der Waals surface area contributed by atoms with E-state index in [0.717, 1.165) is 21.9 Å². The minimum atomic E-state index is -0.450. The lowest BCUT2D eigenvalue weighted by Gasteiger charge is -2.17. The molecular formula is C19H22N4O2S. The molecule has 0 saturated carbocycles. The van der Waals surface area contributed by atoms with E-state index < -0.39 is 5.41 Å². The molecule has 0 saturated heterocycles. The number of hydrogen-bond acceptors (Lipinski definition) is 4. The number of carbonyl (C=O) groups is 2. The van der Waals surface area contributed by atoms with Crippen LogP contribution in [0.25, 0.3) is 16.2 Å². The van der Waals surface area contributed by atoms with Crippen LogP contribution in [0.2, 0.25) is 0 Å². The normalized spacial score (nSPS) is 11.5. The van der Waals surface area contributed by atoms with E-state index in [0.29, 0.717) is 6.54 Å². The second kappa shape index (κ2) is 7.29. The van der Waals surface area contributed by atoms with Crippen molar-refractivity contribution in [3.63, 3.8) is 0 Å². The van der Waals surface area contributed by atoms with Crippen LogP contribution >= 0.6 is 11.3 Å². The smallest absolute Gasteiger partial charge is 0.226 e. The zero-order chi connectivity index (χ0) is 18.7. The highest BCUT2D eigenvalue weighted by Crippen LogP contribution is 2.23. The fraction of sp³-hybridized carbons (Fsp3) is 0.316. The molecule has 2 heterocycles. The summed E-state index contributed by atoms with van der Waals surface area (Å²) in [7, 11) is 0. The van der Waals surface area contributed by atoms with Crippen molar-refractivity contribution in [3.8, 4) is 11.3 Å². The van der Waals surface area contributed by atoms with E-state index in [2.05, 4.69) is 15.6 Å². The molecule has 26 heavy (non-hydrogen) atoms. The molecule has 0 spiro atoms. The Balaban J connectivity index is 1.53. The van der Waals surface area contributed by atoms with Crippen molar-refractivity contribution in [1.29, 1.82) is 0 Å². The molecule has 6 nitrogen and oxygen atoms in total. The zero-order valence-electron chi connectivity index (χ0n) is 15.1. The SMILES string of the molecule is CC(C)(C)C(=O)NCCC(=O)Nc1ccc(-c2cn3ccsc3n2)cc1. The molecule has 0 aliphatic carbocycles. The highest BCUT2D eigenvalue weighted by atomic mass is 32.1. The summed E-state index contributed by atoms with van der Waals surface area (Å²) in [6.07, 6.45) is 4.20. The average Bonchev–Trinajstić information content (AvgIpc) is 3.16. The Kier molecular flexibility index (Phi) is 5.08. The van der Waals surface area contributed by atoms with E-state index >= 15 is 0 Å². The standard InChI is InChI=1S/C19H22N4O2S/c1-19(2,3)17(25)20-9-8-16(24)21-14-6-4-13(5-7-14)15-12-23-10-11-26-18(23)22-15/h4-7,10-12H,8-9H2,1-3H3,(H,20,25)(H,21,24). The third kappa shape index (κ3) is 4.29. The Bertz CT molecular complexity index is 891. The summed E-state index contributed by atoms with van der Waals surface area (Å²) in [5.41, 5.74) is 2.17. The number of fused-ring (bicyclic) bond motifs is 1. The lowest BCUT2D eigenvalue weighted by molar-refractivity contribution is -0.128. The first-order valence-corrected chi connectivity index (χ1v) is 9.32. The quantitative estimate of drug-likeness (QED) is 0.721. The van der Waals surface area contributed by atoms with Gasteiger partial charge in [0.25, 0.3) is 0 Å². The highest BCUT2D eigenvalue weighted by Gasteiger charge is 2.20. The molecular weight excluding hydrogens is 348 g/mol. The first-order valence-electron chi connectivity index (χ1n) is 8.44. The van der Waals surface area contributed by atoms with E-state index in [9.17, 15) is 9.59 Å². The van der Waals surface area contributed by atoms with E-state index in [-0.39, 0.29) is 18.2 Å². The number of anilines is 1. The Morgan fingerprint density at radius 3 is 2.58 bits per heavy atom. The Morgan fingerprint density at radius 2 is 1.92 bits per heavy atom. The maximum absolute atomic E-state index is 12.0. The first kappa shape index (κ1) is 18.1. The Hall–Kier alpha value is -2.67. The minimum Gasteiger partial charge on any atom is -0.355 e. The number of carbonyl (C=O) groups excluding carboxylic acids is 2. The summed E-state index contributed by atoms with van der Waals surface area (Å²) >= 11 is 1.59. The molecule has 0 aliphatic heterocycles. The summed E-state index contributed by atoms with van der Waals surface area (Å²) in [6.45, 7) is 5.85. The maximum atomic E-state index is 12.0. The molecule has 2 N–H and O–H groups in total. The average molecular weight is 370 g/mol. The molecule has 0 bridgehead atoms. The van der Waals surface area contributed by atoms with Gasteiger partial charge in [-0.1, -0.05) is 32.9 Å². The topological polar surface area (TPSA) is 75.5 Å². The third-order valence-corrected chi connectivity index (χ3v) is 4.65. The van der Waals surface area contributed by atoms with Crippen molar-refractivity contribution >= 4 is 33.8 Å². The van der Waals surface area contributed by atoms with Crippen LogP contribution in [-0.4, -0.2) is 27.7 Å². The molecule has 3 aromatic rings. The molecule has 0 fully saturated rings. The second-order valence-corrected chi connectivity index (χ2v) is 7.97. The van der Waals surface area contributed by atoms with E-state index in [1.54, 1.807) is 11.3 Å². The van der Waals surface area contributed by atoms with Gasteiger partial charge in [0, 0.05) is 47.4 Å². The molecule has 2 aromatic heterocycles. The van der Waals surface area contributed by atoms with Gasteiger partial charge in [0.15, 0.2) is 4.96 Å². The summed E-state index contributed by atoms with van der Waals surface area (Å²) in [6, 6.07) is 7.58. The second-order valence-electron chi connectivity index (χ2n) is 7.10. The molecule has 0 aliphatic rings. The lowest BCUT2D eigenvalue weighted by Crippen LogP contribution is -2.36. The Morgan fingerprint density at radius 1 is 1.19 bits per heavy atom. The highest BCUT2D eigenvalue weighted by molar-refractivity contribution is 7.15. The monoisotopic (exact) mass is 370 g/mol.